The third-order valence-electron chi connectivity index (χ3n) is 5.47. The van der Waals surface area contributed by atoms with Crippen molar-refractivity contribution >= 4 is 34.2 Å². The number of halogens is 4. The third-order valence-corrected chi connectivity index (χ3v) is 5.70. The molecule has 1 aromatic heterocycles. The SMILES string of the molecule is Cc1ccc(C)c(Oc2c(C(F)(F)F)oc3cc(OCC(=O)Nc4ccc(Cl)cc4C)ccc3c2=O)c1. The highest BCUT2D eigenvalue weighted by Crippen LogP contribution is 2.39. The number of hydrogen-bond donors (Lipinski definition) is 1. The number of fused-ring (bicyclic) bond motifs is 1. The summed E-state index contributed by atoms with van der Waals surface area (Å²) in [6.45, 7) is 4.74. The van der Waals surface area contributed by atoms with Crippen LogP contribution in [0.3, 0.4) is 0 Å². The van der Waals surface area contributed by atoms with Crippen molar-refractivity contribution in [3.63, 3.8) is 0 Å². The van der Waals surface area contributed by atoms with E-state index in [2.05, 4.69) is 5.32 Å². The van der Waals surface area contributed by atoms with Gasteiger partial charge in [0.2, 0.25) is 11.2 Å². The van der Waals surface area contributed by atoms with Gasteiger partial charge in [0.15, 0.2) is 6.61 Å². The molecule has 0 atom stereocenters. The van der Waals surface area contributed by atoms with Gasteiger partial charge in [0.1, 0.15) is 17.1 Å². The number of amides is 1. The summed E-state index contributed by atoms with van der Waals surface area (Å²) in [6.07, 6.45) is -5.01. The van der Waals surface area contributed by atoms with Crippen molar-refractivity contribution in [2.24, 2.45) is 0 Å². The zero-order valence-corrected chi connectivity index (χ0v) is 20.7. The van der Waals surface area contributed by atoms with Crippen LogP contribution in [0, 0.1) is 20.8 Å². The number of carbonyl (C=O) groups excluding carboxylic acids is 1. The highest BCUT2D eigenvalue weighted by Gasteiger charge is 2.40. The summed E-state index contributed by atoms with van der Waals surface area (Å²) in [5.41, 5.74) is 1.22. The van der Waals surface area contributed by atoms with Gasteiger partial charge in [0, 0.05) is 16.8 Å². The molecule has 0 saturated carbocycles. The zero-order chi connectivity index (χ0) is 26.9. The molecule has 0 unspecified atom stereocenters. The summed E-state index contributed by atoms with van der Waals surface area (Å²) in [7, 11) is 0. The zero-order valence-electron chi connectivity index (χ0n) is 20.0. The number of hydrogen-bond acceptors (Lipinski definition) is 5. The molecule has 10 heteroatoms. The van der Waals surface area contributed by atoms with E-state index in [0.29, 0.717) is 16.3 Å². The van der Waals surface area contributed by atoms with E-state index in [1.165, 1.54) is 18.2 Å². The smallest absolute Gasteiger partial charge is 0.453 e. The maximum atomic E-state index is 13.9. The summed E-state index contributed by atoms with van der Waals surface area (Å²) in [6, 6.07) is 13.6. The minimum Gasteiger partial charge on any atom is -0.484 e. The molecule has 6 nitrogen and oxygen atoms in total. The Kier molecular flexibility index (Phi) is 7.18. The van der Waals surface area contributed by atoms with E-state index in [-0.39, 0.29) is 22.5 Å². The van der Waals surface area contributed by atoms with E-state index in [0.717, 1.165) is 17.2 Å². The van der Waals surface area contributed by atoms with Gasteiger partial charge in [-0.05, 0) is 73.9 Å². The molecule has 37 heavy (non-hydrogen) atoms. The quantitative estimate of drug-likeness (QED) is 0.285. The number of alkyl halides is 3. The molecular formula is C27H21ClF3NO5. The Morgan fingerprint density at radius 1 is 1.00 bits per heavy atom. The Morgan fingerprint density at radius 2 is 1.76 bits per heavy atom. The summed E-state index contributed by atoms with van der Waals surface area (Å²) >= 11 is 5.91. The topological polar surface area (TPSA) is 77.8 Å². The second-order valence-electron chi connectivity index (χ2n) is 8.41. The first-order valence-corrected chi connectivity index (χ1v) is 11.4. The monoisotopic (exact) mass is 531 g/mol. The average molecular weight is 532 g/mol. The first kappa shape index (κ1) is 26.1. The van der Waals surface area contributed by atoms with Crippen LogP contribution in [0.1, 0.15) is 22.5 Å². The first-order valence-electron chi connectivity index (χ1n) is 11.0. The minimum absolute atomic E-state index is 0.0370. The normalized spacial score (nSPS) is 11.4. The number of anilines is 1. The van der Waals surface area contributed by atoms with Gasteiger partial charge < -0.3 is 19.2 Å². The van der Waals surface area contributed by atoms with E-state index < -0.39 is 35.6 Å². The minimum atomic E-state index is -5.01. The van der Waals surface area contributed by atoms with Gasteiger partial charge in [0.25, 0.3) is 11.7 Å². The van der Waals surface area contributed by atoms with Crippen LogP contribution in [-0.4, -0.2) is 12.5 Å². The van der Waals surface area contributed by atoms with Gasteiger partial charge in [-0.15, -0.1) is 0 Å². The lowest BCUT2D eigenvalue weighted by Gasteiger charge is -2.15. The lowest BCUT2D eigenvalue weighted by Crippen LogP contribution is -2.20. The van der Waals surface area contributed by atoms with Crippen molar-refractivity contribution in [2.45, 2.75) is 26.9 Å². The Labute approximate surface area is 214 Å². The van der Waals surface area contributed by atoms with Crippen molar-refractivity contribution in [1.82, 2.24) is 0 Å². The Morgan fingerprint density at radius 3 is 2.46 bits per heavy atom. The molecular weight excluding hydrogens is 511 g/mol. The average Bonchev–Trinajstić information content (AvgIpc) is 2.82. The molecule has 4 aromatic rings. The summed E-state index contributed by atoms with van der Waals surface area (Å²) in [5, 5.41) is 3.04. The molecule has 3 aromatic carbocycles. The molecule has 1 heterocycles. The van der Waals surface area contributed by atoms with Crippen LogP contribution in [-0.2, 0) is 11.0 Å². The molecule has 0 saturated heterocycles. The predicted octanol–water partition coefficient (Wildman–Crippen LogP) is 7.20. The van der Waals surface area contributed by atoms with Crippen molar-refractivity contribution in [3.05, 3.63) is 92.3 Å². The highest BCUT2D eigenvalue weighted by atomic mass is 35.5. The Hall–Kier alpha value is -3.98. The molecule has 0 bridgehead atoms. The second-order valence-corrected chi connectivity index (χ2v) is 8.85. The number of nitrogens with one attached hydrogen (secondary N) is 1. The Bertz CT molecular complexity index is 1560. The van der Waals surface area contributed by atoms with Crippen molar-refractivity contribution < 1.29 is 31.9 Å². The molecule has 0 radical (unpaired) electrons. The molecule has 0 aliphatic heterocycles. The number of ether oxygens (including phenoxy) is 2. The van der Waals surface area contributed by atoms with Crippen LogP contribution in [0.15, 0.2) is 63.8 Å². The molecule has 192 valence electrons. The van der Waals surface area contributed by atoms with Gasteiger partial charge in [-0.25, -0.2) is 0 Å². The van der Waals surface area contributed by atoms with Crippen molar-refractivity contribution in [3.8, 4) is 17.2 Å². The largest absolute Gasteiger partial charge is 0.484 e. The lowest BCUT2D eigenvalue weighted by molar-refractivity contribution is -0.154. The second kappa shape index (κ2) is 10.2. The van der Waals surface area contributed by atoms with E-state index in [1.807, 2.05) is 0 Å². The summed E-state index contributed by atoms with van der Waals surface area (Å²) in [5.74, 6) is -2.88. The number of carbonyl (C=O) groups is 1. The van der Waals surface area contributed by atoms with Crippen molar-refractivity contribution in [2.75, 3.05) is 11.9 Å². The highest BCUT2D eigenvalue weighted by molar-refractivity contribution is 6.30. The fourth-order valence-electron chi connectivity index (χ4n) is 3.56. The van der Waals surface area contributed by atoms with E-state index in [9.17, 15) is 22.8 Å². The molecule has 0 aliphatic rings. The predicted molar refractivity (Wildman–Crippen MR) is 134 cm³/mol. The molecule has 0 aliphatic carbocycles. The number of aryl methyl sites for hydroxylation is 3. The van der Waals surface area contributed by atoms with Crippen molar-refractivity contribution in [1.29, 1.82) is 0 Å². The fraction of sp³-hybridized carbons (Fsp3) is 0.185. The van der Waals surface area contributed by atoms with Crippen LogP contribution in [0.4, 0.5) is 18.9 Å². The maximum Gasteiger partial charge on any atom is 0.453 e. The molecule has 0 spiro atoms. The first-order chi connectivity index (χ1) is 17.4. The fourth-order valence-corrected chi connectivity index (χ4v) is 3.78. The standard InChI is InChI=1S/C27H21ClF3NO5/c1-14-4-5-15(2)21(10-14)36-25-24(34)19-8-7-18(12-22(19)37-26(25)27(29,30)31)35-13-23(33)32-20-9-6-17(28)11-16(20)3/h4-12H,13H2,1-3H3,(H,32,33). The van der Waals surface area contributed by atoms with Gasteiger partial charge >= 0.3 is 6.18 Å². The molecule has 1 amide bonds. The Balaban J connectivity index is 1.62. The number of rotatable bonds is 6. The van der Waals surface area contributed by atoms with Gasteiger partial charge in [-0.3, -0.25) is 9.59 Å². The van der Waals surface area contributed by atoms with Gasteiger partial charge in [0.05, 0.1) is 5.39 Å². The molecule has 0 fully saturated rings. The summed E-state index contributed by atoms with van der Waals surface area (Å²) in [4.78, 5) is 25.3. The maximum absolute atomic E-state index is 13.9. The summed E-state index contributed by atoms with van der Waals surface area (Å²) < 4.78 is 57.5. The van der Waals surface area contributed by atoms with E-state index in [4.69, 9.17) is 25.5 Å². The van der Waals surface area contributed by atoms with Gasteiger partial charge in [-0.1, -0.05) is 23.7 Å². The molecule has 1 N–H and O–H groups in total. The third kappa shape index (κ3) is 5.89. The van der Waals surface area contributed by atoms with Crippen LogP contribution < -0.4 is 20.2 Å². The van der Waals surface area contributed by atoms with E-state index in [1.54, 1.807) is 51.1 Å². The van der Waals surface area contributed by atoms with E-state index >= 15 is 0 Å². The molecule has 4 rings (SSSR count). The van der Waals surface area contributed by atoms with Crippen LogP contribution in [0.5, 0.6) is 17.2 Å². The lowest BCUT2D eigenvalue weighted by atomic mass is 10.1. The van der Waals surface area contributed by atoms with Gasteiger partial charge in [-0.2, -0.15) is 13.2 Å². The van der Waals surface area contributed by atoms with Crippen LogP contribution in [0.2, 0.25) is 5.02 Å². The van der Waals surface area contributed by atoms with Crippen LogP contribution >= 0.6 is 11.6 Å². The van der Waals surface area contributed by atoms with Crippen LogP contribution in [0.25, 0.3) is 11.0 Å². The number of benzene rings is 3.